The van der Waals surface area contributed by atoms with Gasteiger partial charge in [0.25, 0.3) is 0 Å². The average Bonchev–Trinajstić information content (AvgIpc) is 2.77. The summed E-state index contributed by atoms with van der Waals surface area (Å²) in [6, 6.07) is 11.9. The number of aromatic nitrogens is 1. The molecule has 2 aliphatic rings. The summed E-state index contributed by atoms with van der Waals surface area (Å²) in [6.45, 7) is 6.34. The second-order valence-corrected chi connectivity index (χ2v) is 9.46. The molecular weight excluding hydrogens is 410 g/mol. The van der Waals surface area contributed by atoms with Crippen molar-refractivity contribution in [1.82, 2.24) is 10.3 Å². The number of carbonyl (C=O) groups is 1. The molecule has 0 spiro atoms. The normalized spacial score (nSPS) is 23.4. The third-order valence-corrected chi connectivity index (χ3v) is 6.76. The summed E-state index contributed by atoms with van der Waals surface area (Å²) in [4.78, 5) is 20.3. The van der Waals surface area contributed by atoms with Gasteiger partial charge in [0.1, 0.15) is 5.82 Å². The molecule has 166 valence electrons. The first-order valence-corrected chi connectivity index (χ1v) is 11.7. The standard InChI is InChI=1S/C25H32ClN3O2/c1-18-16-29(17-19(2)31-18)23-10-9-20(14-27-23)15-28-24(30)25(11-4-3-5-12-25)21-7-6-8-22(26)13-21/h6-10,13-14,18-19H,3-5,11-12,15-17H2,1-2H3,(H,28,30). The minimum Gasteiger partial charge on any atom is -0.372 e. The Morgan fingerprint density at radius 1 is 1.16 bits per heavy atom. The molecule has 0 radical (unpaired) electrons. The van der Waals surface area contributed by atoms with E-state index in [0.717, 1.165) is 55.7 Å². The van der Waals surface area contributed by atoms with E-state index < -0.39 is 5.41 Å². The van der Waals surface area contributed by atoms with Gasteiger partial charge in [-0.05, 0) is 56.0 Å². The van der Waals surface area contributed by atoms with Gasteiger partial charge in [-0.1, -0.05) is 49.1 Å². The molecular formula is C25H32ClN3O2. The van der Waals surface area contributed by atoms with Crippen molar-refractivity contribution >= 4 is 23.3 Å². The SMILES string of the molecule is CC1CN(c2ccc(CNC(=O)C3(c4cccc(Cl)c4)CCCCC3)cn2)CC(C)O1. The number of morpholine rings is 1. The van der Waals surface area contributed by atoms with Crippen LogP contribution in [-0.2, 0) is 21.5 Å². The Hall–Kier alpha value is -2.11. The highest BCUT2D eigenvalue weighted by Crippen LogP contribution is 2.40. The van der Waals surface area contributed by atoms with E-state index in [0.29, 0.717) is 11.6 Å². The molecule has 2 fully saturated rings. The van der Waals surface area contributed by atoms with E-state index in [1.165, 1.54) is 6.42 Å². The molecule has 1 aromatic heterocycles. The van der Waals surface area contributed by atoms with Gasteiger partial charge in [0.15, 0.2) is 0 Å². The van der Waals surface area contributed by atoms with Crippen LogP contribution in [-0.4, -0.2) is 36.2 Å². The van der Waals surface area contributed by atoms with Crippen molar-refractivity contribution in [3.63, 3.8) is 0 Å². The van der Waals surface area contributed by atoms with E-state index in [2.05, 4.69) is 35.1 Å². The minimum atomic E-state index is -0.489. The molecule has 2 unspecified atom stereocenters. The third kappa shape index (κ3) is 5.04. The van der Waals surface area contributed by atoms with Crippen LogP contribution in [0.4, 0.5) is 5.82 Å². The topological polar surface area (TPSA) is 54.5 Å². The summed E-state index contributed by atoms with van der Waals surface area (Å²) in [7, 11) is 0. The Balaban J connectivity index is 1.43. The number of pyridine rings is 1. The second kappa shape index (κ2) is 9.58. The van der Waals surface area contributed by atoms with Gasteiger partial charge in [0.05, 0.1) is 17.6 Å². The van der Waals surface area contributed by atoms with Crippen molar-refractivity contribution in [3.8, 4) is 0 Å². The van der Waals surface area contributed by atoms with Gasteiger partial charge in [0.2, 0.25) is 5.91 Å². The van der Waals surface area contributed by atoms with Crippen LogP contribution in [0.25, 0.3) is 0 Å². The monoisotopic (exact) mass is 441 g/mol. The second-order valence-electron chi connectivity index (χ2n) is 9.02. The maximum absolute atomic E-state index is 13.4. The third-order valence-electron chi connectivity index (χ3n) is 6.52. The molecule has 2 aromatic rings. The van der Waals surface area contributed by atoms with Crippen molar-refractivity contribution < 1.29 is 9.53 Å². The lowest BCUT2D eigenvalue weighted by Gasteiger charge is -2.36. The van der Waals surface area contributed by atoms with E-state index in [4.69, 9.17) is 16.3 Å². The summed E-state index contributed by atoms with van der Waals surface area (Å²) in [5.41, 5.74) is 1.54. The van der Waals surface area contributed by atoms with Crippen molar-refractivity contribution in [1.29, 1.82) is 0 Å². The Kier molecular flexibility index (Phi) is 6.83. The Morgan fingerprint density at radius 3 is 2.55 bits per heavy atom. The van der Waals surface area contributed by atoms with E-state index >= 15 is 0 Å². The number of ether oxygens (including phenoxy) is 1. The number of halogens is 1. The first-order valence-electron chi connectivity index (χ1n) is 11.4. The average molecular weight is 442 g/mol. The van der Waals surface area contributed by atoms with Crippen LogP contribution in [0.15, 0.2) is 42.6 Å². The molecule has 1 amide bonds. The molecule has 31 heavy (non-hydrogen) atoms. The zero-order valence-corrected chi connectivity index (χ0v) is 19.2. The van der Waals surface area contributed by atoms with Crippen LogP contribution in [0, 0.1) is 0 Å². The zero-order chi connectivity index (χ0) is 21.8. The van der Waals surface area contributed by atoms with Gasteiger partial charge >= 0.3 is 0 Å². The fourth-order valence-corrected chi connectivity index (χ4v) is 5.20. The molecule has 4 rings (SSSR count). The van der Waals surface area contributed by atoms with Gasteiger partial charge < -0.3 is 15.0 Å². The predicted molar refractivity (Wildman–Crippen MR) is 125 cm³/mol. The lowest BCUT2D eigenvalue weighted by Crippen LogP contribution is -2.46. The first-order chi connectivity index (χ1) is 15.0. The molecule has 1 saturated heterocycles. The minimum absolute atomic E-state index is 0.0920. The lowest BCUT2D eigenvalue weighted by atomic mass is 9.68. The van der Waals surface area contributed by atoms with Crippen LogP contribution in [0.5, 0.6) is 0 Å². The molecule has 1 N–H and O–H groups in total. The lowest BCUT2D eigenvalue weighted by molar-refractivity contribution is -0.128. The number of nitrogens with zero attached hydrogens (tertiary/aromatic N) is 2. The smallest absolute Gasteiger partial charge is 0.230 e. The number of nitrogens with one attached hydrogen (secondary N) is 1. The molecule has 2 heterocycles. The number of carbonyl (C=O) groups excluding carboxylic acids is 1. The van der Waals surface area contributed by atoms with Crippen molar-refractivity contribution in [2.45, 2.75) is 70.1 Å². The molecule has 1 aromatic carbocycles. The van der Waals surface area contributed by atoms with E-state index in [1.54, 1.807) is 0 Å². The maximum atomic E-state index is 13.4. The molecule has 1 aliphatic heterocycles. The highest BCUT2D eigenvalue weighted by molar-refractivity contribution is 6.30. The van der Waals surface area contributed by atoms with Gasteiger partial charge in [-0.2, -0.15) is 0 Å². The van der Waals surface area contributed by atoms with Crippen LogP contribution in [0.3, 0.4) is 0 Å². The molecule has 2 atom stereocenters. The quantitative estimate of drug-likeness (QED) is 0.719. The van der Waals surface area contributed by atoms with Gasteiger partial charge in [-0.15, -0.1) is 0 Å². The van der Waals surface area contributed by atoms with Crippen LogP contribution in [0.2, 0.25) is 5.02 Å². The fraction of sp³-hybridized carbons (Fsp3) is 0.520. The summed E-state index contributed by atoms with van der Waals surface area (Å²) in [6.07, 6.45) is 7.30. The van der Waals surface area contributed by atoms with Gasteiger partial charge in [-0.25, -0.2) is 4.98 Å². The van der Waals surface area contributed by atoms with Crippen molar-refractivity contribution in [3.05, 3.63) is 58.7 Å². The largest absolute Gasteiger partial charge is 0.372 e. The van der Waals surface area contributed by atoms with Crippen LogP contribution in [0.1, 0.15) is 57.1 Å². The Labute approximate surface area is 190 Å². The van der Waals surface area contributed by atoms with E-state index in [-0.39, 0.29) is 18.1 Å². The number of amides is 1. The number of hydrogen-bond acceptors (Lipinski definition) is 4. The maximum Gasteiger partial charge on any atom is 0.230 e. The van der Waals surface area contributed by atoms with Gasteiger partial charge in [-0.3, -0.25) is 4.79 Å². The van der Waals surface area contributed by atoms with Crippen LogP contribution < -0.4 is 10.2 Å². The fourth-order valence-electron chi connectivity index (χ4n) is 5.01. The number of benzene rings is 1. The van der Waals surface area contributed by atoms with Crippen molar-refractivity contribution in [2.75, 3.05) is 18.0 Å². The van der Waals surface area contributed by atoms with E-state index in [9.17, 15) is 4.79 Å². The highest BCUT2D eigenvalue weighted by Gasteiger charge is 2.41. The molecule has 1 saturated carbocycles. The molecule has 6 heteroatoms. The number of hydrogen-bond donors (Lipinski definition) is 1. The molecule has 5 nitrogen and oxygen atoms in total. The summed E-state index contributed by atoms with van der Waals surface area (Å²) >= 11 is 6.25. The van der Waals surface area contributed by atoms with Crippen LogP contribution >= 0.6 is 11.6 Å². The number of rotatable bonds is 5. The Bertz CT molecular complexity index is 886. The predicted octanol–water partition coefficient (Wildman–Crippen LogP) is 4.87. The zero-order valence-electron chi connectivity index (χ0n) is 18.4. The number of anilines is 1. The van der Waals surface area contributed by atoms with E-state index in [1.807, 2.05) is 36.5 Å². The molecule has 0 bridgehead atoms. The van der Waals surface area contributed by atoms with Crippen molar-refractivity contribution in [2.24, 2.45) is 0 Å². The highest BCUT2D eigenvalue weighted by atomic mass is 35.5. The van der Waals surface area contributed by atoms with Gasteiger partial charge in [0, 0.05) is 30.9 Å². The Morgan fingerprint density at radius 2 is 1.90 bits per heavy atom. The summed E-state index contributed by atoms with van der Waals surface area (Å²) in [5, 5.41) is 3.87. The first kappa shape index (κ1) is 22.1. The summed E-state index contributed by atoms with van der Waals surface area (Å²) in [5.74, 6) is 1.05. The molecule has 1 aliphatic carbocycles. The summed E-state index contributed by atoms with van der Waals surface area (Å²) < 4.78 is 5.81.